The van der Waals surface area contributed by atoms with Crippen molar-refractivity contribution in [1.82, 2.24) is 15.5 Å². The second-order valence-corrected chi connectivity index (χ2v) is 11.9. The number of aromatic nitrogens is 2. The normalized spacial score (nSPS) is 12.0. The smallest absolute Gasteiger partial charge is 0.416 e. The molecule has 7 nitrogen and oxygen atoms in total. The zero-order chi connectivity index (χ0) is 35.4. The summed E-state index contributed by atoms with van der Waals surface area (Å²) in [5.74, 6) is -1.01. The van der Waals surface area contributed by atoms with Crippen molar-refractivity contribution in [2.75, 3.05) is 0 Å². The number of phenolic OH excluding ortho intramolecular Hbond substituents is 1. The molecule has 0 bridgehead atoms. The van der Waals surface area contributed by atoms with Gasteiger partial charge in [0.05, 0.1) is 16.1 Å². The van der Waals surface area contributed by atoms with Crippen LogP contribution in [0.5, 0.6) is 11.5 Å². The predicted molar refractivity (Wildman–Crippen MR) is 179 cm³/mol. The quantitative estimate of drug-likeness (QED) is 0.138. The van der Waals surface area contributed by atoms with Gasteiger partial charge in [-0.2, -0.15) is 18.2 Å². The first kappa shape index (κ1) is 34.2. The molecule has 0 aliphatic rings. The third kappa shape index (κ3) is 7.95. The molecule has 5 aromatic carbocycles. The Bertz CT molecular complexity index is 2120. The maximum atomic E-state index is 13.8. The Labute approximate surface area is 289 Å². The highest BCUT2D eigenvalue weighted by molar-refractivity contribution is 6.31. The molecule has 1 aromatic heterocycles. The van der Waals surface area contributed by atoms with Gasteiger partial charge >= 0.3 is 6.18 Å². The second-order valence-electron chi connectivity index (χ2n) is 11.5. The first-order valence-electron chi connectivity index (χ1n) is 15.3. The molecule has 2 N–H and O–H groups in total. The van der Waals surface area contributed by atoms with Crippen molar-refractivity contribution in [1.29, 1.82) is 0 Å². The molecule has 6 aromatic rings. The number of phenols is 1. The van der Waals surface area contributed by atoms with Crippen molar-refractivity contribution in [2.24, 2.45) is 0 Å². The van der Waals surface area contributed by atoms with Crippen LogP contribution < -0.4 is 10.1 Å². The van der Waals surface area contributed by atoms with E-state index in [-0.39, 0.29) is 35.3 Å². The Morgan fingerprint density at radius 3 is 2.22 bits per heavy atom. The summed E-state index contributed by atoms with van der Waals surface area (Å²) in [6, 6.07) is 27.1. The number of benzene rings is 5. The molecule has 6 rings (SSSR count). The first-order valence-corrected chi connectivity index (χ1v) is 15.7. The van der Waals surface area contributed by atoms with Crippen molar-refractivity contribution >= 4 is 17.5 Å². The van der Waals surface area contributed by atoms with E-state index >= 15 is 0 Å². The van der Waals surface area contributed by atoms with Crippen LogP contribution in [-0.4, -0.2) is 21.2 Å². The van der Waals surface area contributed by atoms with Gasteiger partial charge in [0.2, 0.25) is 5.89 Å². The lowest BCUT2D eigenvalue weighted by atomic mass is 9.98. The van der Waals surface area contributed by atoms with E-state index in [9.17, 15) is 27.5 Å². The lowest BCUT2D eigenvalue weighted by Crippen LogP contribution is -2.30. The van der Waals surface area contributed by atoms with Gasteiger partial charge in [-0.1, -0.05) is 89.6 Å². The third-order valence-corrected chi connectivity index (χ3v) is 8.19. The number of nitrogens with one attached hydrogen (secondary N) is 1. The topological polar surface area (TPSA) is 97.5 Å². The summed E-state index contributed by atoms with van der Waals surface area (Å²) in [4.78, 5) is 18.1. The van der Waals surface area contributed by atoms with E-state index in [0.29, 0.717) is 17.0 Å². The molecule has 0 spiro atoms. The van der Waals surface area contributed by atoms with Gasteiger partial charge in [0, 0.05) is 18.1 Å². The van der Waals surface area contributed by atoms with Crippen LogP contribution in [0.1, 0.15) is 44.8 Å². The van der Waals surface area contributed by atoms with E-state index in [1.807, 2.05) is 54.6 Å². The molecule has 0 saturated heterocycles. The van der Waals surface area contributed by atoms with Crippen molar-refractivity contribution in [3.63, 3.8) is 0 Å². The molecular weight excluding hydrogens is 674 g/mol. The Kier molecular flexibility index (Phi) is 9.87. The lowest BCUT2D eigenvalue weighted by Gasteiger charge is -2.18. The molecule has 1 amide bonds. The van der Waals surface area contributed by atoms with Crippen LogP contribution in [0.25, 0.3) is 22.3 Å². The van der Waals surface area contributed by atoms with Gasteiger partial charge < -0.3 is 19.7 Å². The SMILES string of the molecule is Cc1noc([C@@H](Cc2ccc(-c3ccc(F)c(Cl)c3)cc2)NC(=O)c2cc(-c3ccc(C(F)(F)F)cc3)c(OCc3ccccc3)cc2O)n1. The number of nitrogens with zero attached hydrogens (tertiary/aromatic N) is 2. The zero-order valence-electron chi connectivity index (χ0n) is 26.3. The van der Waals surface area contributed by atoms with Crippen LogP contribution in [0.2, 0.25) is 5.02 Å². The number of hydrogen-bond donors (Lipinski definition) is 2. The summed E-state index contributed by atoms with van der Waals surface area (Å²) in [5.41, 5.74) is 2.74. The number of aryl methyl sites for hydroxylation is 1. The number of halogens is 5. The summed E-state index contributed by atoms with van der Waals surface area (Å²) in [6.45, 7) is 1.73. The molecule has 1 atom stereocenters. The zero-order valence-corrected chi connectivity index (χ0v) is 27.1. The van der Waals surface area contributed by atoms with E-state index in [4.69, 9.17) is 20.9 Å². The summed E-state index contributed by atoms with van der Waals surface area (Å²) >= 11 is 5.96. The van der Waals surface area contributed by atoms with Crippen LogP contribution >= 0.6 is 11.6 Å². The van der Waals surface area contributed by atoms with Gasteiger partial charge in [-0.25, -0.2) is 4.39 Å². The Hall–Kier alpha value is -5.68. The number of carbonyl (C=O) groups is 1. The van der Waals surface area contributed by atoms with Crippen molar-refractivity contribution in [2.45, 2.75) is 32.2 Å². The number of rotatable bonds is 10. The molecule has 0 unspecified atom stereocenters. The van der Waals surface area contributed by atoms with Gasteiger partial charge in [0.15, 0.2) is 5.82 Å². The summed E-state index contributed by atoms with van der Waals surface area (Å²) < 4.78 is 65.1. The fourth-order valence-corrected chi connectivity index (χ4v) is 5.49. The summed E-state index contributed by atoms with van der Waals surface area (Å²) in [7, 11) is 0. The summed E-state index contributed by atoms with van der Waals surface area (Å²) in [5, 5.41) is 17.8. The first-order chi connectivity index (χ1) is 23.9. The maximum absolute atomic E-state index is 13.8. The minimum absolute atomic E-state index is 0.00152. The highest BCUT2D eigenvalue weighted by atomic mass is 35.5. The molecule has 0 fully saturated rings. The van der Waals surface area contributed by atoms with E-state index < -0.39 is 35.3 Å². The van der Waals surface area contributed by atoms with Gasteiger partial charge in [-0.3, -0.25) is 4.79 Å². The number of hydrogen-bond acceptors (Lipinski definition) is 6. The minimum Gasteiger partial charge on any atom is -0.507 e. The van der Waals surface area contributed by atoms with E-state index in [0.717, 1.165) is 34.4 Å². The highest BCUT2D eigenvalue weighted by Gasteiger charge is 2.30. The third-order valence-electron chi connectivity index (χ3n) is 7.90. The molecule has 12 heteroatoms. The Balaban J connectivity index is 1.30. The average Bonchev–Trinajstić information content (AvgIpc) is 3.54. The Morgan fingerprint density at radius 2 is 1.58 bits per heavy atom. The molecule has 50 heavy (non-hydrogen) atoms. The monoisotopic (exact) mass is 701 g/mol. The molecule has 254 valence electrons. The molecule has 0 aliphatic carbocycles. The van der Waals surface area contributed by atoms with E-state index in [1.165, 1.54) is 36.4 Å². The minimum atomic E-state index is -4.54. The fourth-order valence-electron chi connectivity index (χ4n) is 5.31. The average molecular weight is 702 g/mol. The number of aromatic hydroxyl groups is 1. The Morgan fingerprint density at radius 1 is 0.900 bits per heavy atom. The number of ether oxygens (including phenoxy) is 1. The van der Waals surface area contributed by atoms with Crippen LogP contribution in [0.3, 0.4) is 0 Å². The standard InChI is InChI=1S/C38H28ClF4N3O4/c1-22-44-37(50-46-22)33(17-23-7-9-25(10-8-23)27-13-16-32(40)31(39)18-27)45-36(48)30-19-29(26-11-14-28(15-12-26)38(41,42)43)35(20-34(30)47)49-21-24-5-3-2-4-6-24/h2-16,18-20,33,47H,17,21H2,1H3,(H,45,48)/t33-/m1/s1. The van der Waals surface area contributed by atoms with Gasteiger partial charge in [-0.15, -0.1) is 0 Å². The highest BCUT2D eigenvalue weighted by Crippen LogP contribution is 2.38. The van der Waals surface area contributed by atoms with E-state index in [1.54, 1.807) is 13.0 Å². The molecular formula is C38H28ClF4N3O4. The van der Waals surface area contributed by atoms with Crippen LogP contribution in [0, 0.1) is 12.7 Å². The van der Waals surface area contributed by atoms with Crippen LogP contribution in [0.4, 0.5) is 17.6 Å². The van der Waals surface area contributed by atoms with Crippen molar-refractivity contribution in [3.8, 4) is 33.8 Å². The second kappa shape index (κ2) is 14.4. The predicted octanol–water partition coefficient (Wildman–Crippen LogP) is 9.52. The van der Waals surface area contributed by atoms with Crippen molar-refractivity contribution in [3.05, 3.63) is 154 Å². The van der Waals surface area contributed by atoms with Gasteiger partial charge in [-0.05, 0) is 65.1 Å². The summed E-state index contributed by atoms with van der Waals surface area (Å²) in [6.07, 6.45) is -4.33. The molecule has 0 saturated carbocycles. The van der Waals surface area contributed by atoms with Crippen LogP contribution in [-0.2, 0) is 19.2 Å². The largest absolute Gasteiger partial charge is 0.507 e. The van der Waals surface area contributed by atoms with Gasteiger partial charge in [0.1, 0.15) is 30.0 Å². The number of amides is 1. The lowest BCUT2D eigenvalue weighted by molar-refractivity contribution is -0.137. The number of alkyl halides is 3. The van der Waals surface area contributed by atoms with E-state index in [2.05, 4.69) is 15.5 Å². The fraction of sp³-hybridized carbons (Fsp3) is 0.132. The van der Waals surface area contributed by atoms with Gasteiger partial charge in [0.25, 0.3) is 5.91 Å². The number of carbonyl (C=O) groups excluding carboxylic acids is 1. The molecule has 0 radical (unpaired) electrons. The van der Waals surface area contributed by atoms with Crippen LogP contribution in [0.15, 0.2) is 114 Å². The molecule has 0 aliphatic heterocycles. The maximum Gasteiger partial charge on any atom is 0.416 e. The molecule has 1 heterocycles. The van der Waals surface area contributed by atoms with Crippen molar-refractivity contribution < 1.29 is 36.7 Å².